The first-order valence-corrected chi connectivity index (χ1v) is 6.50. The van der Waals surface area contributed by atoms with Gasteiger partial charge in [-0.2, -0.15) is 5.10 Å². The van der Waals surface area contributed by atoms with Gasteiger partial charge < -0.3 is 5.11 Å². The maximum absolute atomic E-state index is 11.3. The molecule has 0 saturated heterocycles. The number of hydrogen-bond acceptors (Lipinski definition) is 2. The maximum Gasteiger partial charge on any atom is 0.354 e. The highest BCUT2D eigenvalue weighted by atomic mass is 16.4. The Hall–Kier alpha value is -2.10. The third-order valence-corrected chi connectivity index (χ3v) is 3.43. The van der Waals surface area contributed by atoms with Crippen molar-refractivity contribution in [2.75, 3.05) is 0 Å². The van der Waals surface area contributed by atoms with E-state index in [1.165, 1.54) is 5.56 Å². The molecule has 1 aromatic carbocycles. The van der Waals surface area contributed by atoms with E-state index in [-0.39, 0.29) is 5.69 Å². The van der Waals surface area contributed by atoms with E-state index in [4.69, 9.17) is 0 Å². The van der Waals surface area contributed by atoms with E-state index in [0.29, 0.717) is 12.5 Å². The van der Waals surface area contributed by atoms with Crippen molar-refractivity contribution < 1.29 is 9.90 Å². The molecule has 0 spiro atoms. The molecule has 0 radical (unpaired) electrons. The average Bonchev–Trinajstić information content (AvgIpc) is 3.11. The first-order chi connectivity index (χ1) is 9.13. The largest absolute Gasteiger partial charge is 0.477 e. The fraction of sp³-hybridized carbons (Fsp3) is 0.333. The molecule has 1 aliphatic carbocycles. The van der Waals surface area contributed by atoms with Gasteiger partial charge in [0.05, 0.1) is 12.2 Å². The van der Waals surface area contributed by atoms with Crippen molar-refractivity contribution in [1.82, 2.24) is 9.78 Å². The van der Waals surface area contributed by atoms with Crippen LogP contribution in [0.15, 0.2) is 30.3 Å². The van der Waals surface area contributed by atoms with Crippen molar-refractivity contribution in [3.05, 3.63) is 52.8 Å². The number of benzene rings is 1. The number of aromatic nitrogens is 2. The summed E-state index contributed by atoms with van der Waals surface area (Å²) in [5, 5.41) is 13.7. The SMILES string of the molecule is Cc1cccc(Cn2nc(C3CC3)cc2C(=O)O)c1. The fourth-order valence-corrected chi connectivity index (χ4v) is 2.29. The molecule has 1 N–H and O–H groups in total. The van der Waals surface area contributed by atoms with Gasteiger partial charge in [0.25, 0.3) is 0 Å². The van der Waals surface area contributed by atoms with Crippen LogP contribution in [0.4, 0.5) is 0 Å². The van der Waals surface area contributed by atoms with E-state index in [2.05, 4.69) is 11.2 Å². The standard InChI is InChI=1S/C15H16N2O2/c1-10-3-2-4-11(7-10)9-17-14(15(18)19)8-13(16-17)12-5-6-12/h2-4,7-8,12H,5-6,9H2,1H3,(H,18,19). The number of aryl methyl sites for hydroxylation is 1. The van der Waals surface area contributed by atoms with E-state index in [1.807, 2.05) is 25.1 Å². The van der Waals surface area contributed by atoms with Crippen LogP contribution in [0.3, 0.4) is 0 Å². The van der Waals surface area contributed by atoms with Crippen LogP contribution in [0.5, 0.6) is 0 Å². The van der Waals surface area contributed by atoms with E-state index in [9.17, 15) is 9.90 Å². The third kappa shape index (κ3) is 2.52. The molecule has 3 rings (SSSR count). The molecule has 4 nitrogen and oxygen atoms in total. The zero-order valence-electron chi connectivity index (χ0n) is 10.8. The average molecular weight is 256 g/mol. The van der Waals surface area contributed by atoms with Crippen molar-refractivity contribution in [2.45, 2.75) is 32.2 Å². The smallest absolute Gasteiger partial charge is 0.354 e. The molecule has 1 fully saturated rings. The lowest BCUT2D eigenvalue weighted by atomic mass is 10.1. The molecule has 19 heavy (non-hydrogen) atoms. The summed E-state index contributed by atoms with van der Waals surface area (Å²) in [7, 11) is 0. The second-order valence-electron chi connectivity index (χ2n) is 5.18. The molecule has 0 bridgehead atoms. The Morgan fingerprint density at radius 1 is 1.42 bits per heavy atom. The number of carboxylic acid groups (broad SMARTS) is 1. The monoisotopic (exact) mass is 256 g/mol. The van der Waals surface area contributed by atoms with Crippen LogP contribution in [0, 0.1) is 6.92 Å². The lowest BCUT2D eigenvalue weighted by Crippen LogP contribution is -2.11. The van der Waals surface area contributed by atoms with Gasteiger partial charge in [-0.05, 0) is 31.4 Å². The molecule has 0 atom stereocenters. The topological polar surface area (TPSA) is 55.1 Å². The summed E-state index contributed by atoms with van der Waals surface area (Å²) in [5.74, 6) is -0.441. The van der Waals surface area contributed by atoms with Crippen molar-refractivity contribution in [3.63, 3.8) is 0 Å². The van der Waals surface area contributed by atoms with E-state index in [0.717, 1.165) is 24.1 Å². The number of carboxylic acids is 1. The molecule has 0 unspecified atom stereocenters. The molecule has 98 valence electrons. The highest BCUT2D eigenvalue weighted by Gasteiger charge is 2.28. The second kappa shape index (κ2) is 4.53. The summed E-state index contributed by atoms with van der Waals surface area (Å²) in [6.45, 7) is 2.54. The number of aromatic carboxylic acids is 1. The molecule has 0 amide bonds. The van der Waals surface area contributed by atoms with Crippen LogP contribution in [0.2, 0.25) is 0 Å². The van der Waals surface area contributed by atoms with Crippen LogP contribution in [-0.2, 0) is 6.54 Å². The summed E-state index contributed by atoms with van der Waals surface area (Å²) in [4.78, 5) is 11.3. The third-order valence-electron chi connectivity index (χ3n) is 3.43. The zero-order chi connectivity index (χ0) is 13.4. The second-order valence-corrected chi connectivity index (χ2v) is 5.18. The maximum atomic E-state index is 11.3. The normalized spacial score (nSPS) is 14.6. The van der Waals surface area contributed by atoms with Crippen LogP contribution in [-0.4, -0.2) is 20.9 Å². The molecule has 4 heteroatoms. The Kier molecular flexibility index (Phi) is 2.85. The Morgan fingerprint density at radius 2 is 2.21 bits per heavy atom. The van der Waals surface area contributed by atoms with Gasteiger partial charge in [-0.25, -0.2) is 4.79 Å². The zero-order valence-corrected chi connectivity index (χ0v) is 10.8. The van der Waals surface area contributed by atoms with Crippen LogP contribution in [0.25, 0.3) is 0 Å². The van der Waals surface area contributed by atoms with Crippen molar-refractivity contribution in [2.24, 2.45) is 0 Å². The fourth-order valence-electron chi connectivity index (χ4n) is 2.29. The minimum absolute atomic E-state index is 0.281. The summed E-state index contributed by atoms with van der Waals surface area (Å²) < 4.78 is 1.60. The van der Waals surface area contributed by atoms with Crippen LogP contribution < -0.4 is 0 Å². The van der Waals surface area contributed by atoms with Gasteiger partial charge in [0, 0.05) is 5.92 Å². The molecular formula is C15H16N2O2. The van der Waals surface area contributed by atoms with Crippen molar-refractivity contribution >= 4 is 5.97 Å². The van der Waals surface area contributed by atoms with Crippen molar-refractivity contribution in [1.29, 1.82) is 0 Å². The minimum Gasteiger partial charge on any atom is -0.477 e. The molecular weight excluding hydrogens is 240 g/mol. The number of hydrogen-bond donors (Lipinski definition) is 1. The Bertz CT molecular complexity index is 627. The van der Waals surface area contributed by atoms with Gasteiger partial charge in [0.15, 0.2) is 0 Å². The van der Waals surface area contributed by atoms with Gasteiger partial charge in [0.2, 0.25) is 0 Å². The Labute approximate surface area is 111 Å². The predicted octanol–water partition coefficient (Wildman–Crippen LogP) is 2.82. The minimum atomic E-state index is -0.910. The van der Waals surface area contributed by atoms with Crippen LogP contribution in [0.1, 0.15) is 46.1 Å². The molecule has 1 saturated carbocycles. The van der Waals surface area contributed by atoms with Gasteiger partial charge in [-0.3, -0.25) is 4.68 Å². The summed E-state index contributed by atoms with van der Waals surface area (Å²) in [5.41, 5.74) is 3.45. The number of carbonyl (C=O) groups is 1. The predicted molar refractivity (Wildman–Crippen MR) is 71.4 cm³/mol. The van der Waals surface area contributed by atoms with Gasteiger partial charge in [-0.1, -0.05) is 29.8 Å². The summed E-state index contributed by atoms with van der Waals surface area (Å²) in [6.07, 6.45) is 2.25. The molecule has 1 heterocycles. The number of rotatable bonds is 4. The highest BCUT2D eigenvalue weighted by Crippen LogP contribution is 2.39. The van der Waals surface area contributed by atoms with E-state index < -0.39 is 5.97 Å². The van der Waals surface area contributed by atoms with E-state index in [1.54, 1.807) is 10.7 Å². The lowest BCUT2D eigenvalue weighted by Gasteiger charge is -2.05. The Morgan fingerprint density at radius 3 is 2.84 bits per heavy atom. The van der Waals surface area contributed by atoms with Gasteiger partial charge in [0.1, 0.15) is 5.69 Å². The van der Waals surface area contributed by atoms with Gasteiger partial charge in [-0.15, -0.1) is 0 Å². The van der Waals surface area contributed by atoms with Crippen LogP contribution >= 0.6 is 0 Å². The molecule has 1 aliphatic rings. The van der Waals surface area contributed by atoms with Gasteiger partial charge >= 0.3 is 5.97 Å². The molecule has 1 aromatic heterocycles. The molecule has 2 aromatic rings. The molecule has 0 aliphatic heterocycles. The first-order valence-electron chi connectivity index (χ1n) is 6.50. The first kappa shape index (κ1) is 12.0. The summed E-state index contributed by atoms with van der Waals surface area (Å²) >= 11 is 0. The Balaban J connectivity index is 1.92. The highest BCUT2D eigenvalue weighted by molar-refractivity contribution is 5.85. The lowest BCUT2D eigenvalue weighted by molar-refractivity contribution is 0.0684. The van der Waals surface area contributed by atoms with Crippen molar-refractivity contribution in [3.8, 4) is 0 Å². The quantitative estimate of drug-likeness (QED) is 0.915. The summed E-state index contributed by atoms with van der Waals surface area (Å²) in [6, 6.07) is 9.79. The number of nitrogens with zero attached hydrogens (tertiary/aromatic N) is 2. The van der Waals surface area contributed by atoms with E-state index >= 15 is 0 Å².